The third-order valence-corrected chi connectivity index (χ3v) is 15.6. The third kappa shape index (κ3) is 6.79. The zero-order chi connectivity index (χ0) is 32.4. The Balaban J connectivity index is 1.27. The molecule has 1 atom stereocenters. The lowest BCUT2D eigenvalue weighted by atomic mass is 10.0. The highest BCUT2D eigenvalue weighted by atomic mass is 32.2. The molecule has 4 aromatic rings. The van der Waals surface area contributed by atoms with Crippen LogP contribution in [0.4, 0.5) is 10.1 Å². The number of aromatic nitrogens is 4. The predicted molar refractivity (Wildman–Crippen MR) is 180 cm³/mol. The predicted octanol–water partition coefficient (Wildman–Crippen LogP) is 6.48. The quantitative estimate of drug-likeness (QED) is 0.178. The standard InChI is InChI=1S/C33H45FN6O3SSi/c1-32(2,3)45(6,7)43-11-10-40-19-27-29(17-35-18-30(27)39-40)38-24-13-22-12-23-16-36-28(21-8-9-21)15-26(23)31(25(22)14-24)44(41,42)37-20-33(4,5)34/h12,15-19,21,24,37-38H,8-11,13-14,20H2,1-7H3/t24-/m1/s1. The van der Waals surface area contributed by atoms with Crippen molar-refractivity contribution in [2.45, 2.75) is 108 Å². The van der Waals surface area contributed by atoms with Crippen LogP contribution in [0, 0.1) is 0 Å². The van der Waals surface area contributed by atoms with E-state index in [0.717, 1.165) is 51.6 Å². The maximum Gasteiger partial charge on any atom is 0.241 e. The van der Waals surface area contributed by atoms with E-state index in [1.54, 1.807) is 18.6 Å². The number of benzene rings is 1. The van der Waals surface area contributed by atoms with Crippen molar-refractivity contribution < 1.29 is 17.2 Å². The fourth-order valence-electron chi connectivity index (χ4n) is 5.77. The van der Waals surface area contributed by atoms with Gasteiger partial charge in [0.1, 0.15) is 11.2 Å². The molecule has 9 nitrogen and oxygen atoms in total. The Morgan fingerprint density at radius 3 is 2.51 bits per heavy atom. The summed E-state index contributed by atoms with van der Waals surface area (Å²) in [6.07, 6.45) is 10.6. The molecular formula is C33H45FN6O3SSi. The van der Waals surface area contributed by atoms with Gasteiger partial charge in [-0.3, -0.25) is 14.6 Å². The van der Waals surface area contributed by atoms with Gasteiger partial charge in [0.05, 0.1) is 36.1 Å². The summed E-state index contributed by atoms with van der Waals surface area (Å²) in [6.45, 7) is 14.9. The Morgan fingerprint density at radius 1 is 1.07 bits per heavy atom. The van der Waals surface area contributed by atoms with Gasteiger partial charge in [-0.25, -0.2) is 17.5 Å². The Morgan fingerprint density at radius 2 is 1.82 bits per heavy atom. The number of sulfonamides is 1. The summed E-state index contributed by atoms with van der Waals surface area (Å²) in [5.41, 5.74) is 2.61. The highest BCUT2D eigenvalue weighted by Crippen LogP contribution is 2.42. The Bertz CT molecular complexity index is 1860. The number of nitrogens with one attached hydrogen (secondary N) is 2. The summed E-state index contributed by atoms with van der Waals surface area (Å²) in [5.74, 6) is 0.373. The Labute approximate surface area is 266 Å². The van der Waals surface area contributed by atoms with E-state index in [9.17, 15) is 12.8 Å². The lowest BCUT2D eigenvalue weighted by Crippen LogP contribution is -2.41. The normalized spacial score (nSPS) is 17.7. The number of nitrogens with zero attached hydrogens (tertiary/aromatic N) is 4. The van der Waals surface area contributed by atoms with Crippen LogP contribution in [0.25, 0.3) is 21.7 Å². The number of anilines is 1. The van der Waals surface area contributed by atoms with Crippen molar-refractivity contribution in [2.24, 2.45) is 0 Å². The number of pyridine rings is 2. The minimum absolute atomic E-state index is 0.0584. The van der Waals surface area contributed by atoms with Gasteiger partial charge < -0.3 is 9.74 Å². The summed E-state index contributed by atoms with van der Waals surface area (Å²) in [6, 6.07) is 3.93. The van der Waals surface area contributed by atoms with Gasteiger partial charge in [-0.2, -0.15) is 5.10 Å². The fourth-order valence-corrected chi connectivity index (χ4v) is 8.49. The minimum Gasteiger partial charge on any atom is -0.415 e. The van der Waals surface area contributed by atoms with E-state index in [4.69, 9.17) is 9.52 Å². The van der Waals surface area contributed by atoms with E-state index in [1.165, 1.54) is 13.8 Å². The molecular weight excluding hydrogens is 608 g/mol. The van der Waals surface area contributed by atoms with Crippen molar-refractivity contribution >= 4 is 45.7 Å². The summed E-state index contributed by atoms with van der Waals surface area (Å²) >= 11 is 0. The van der Waals surface area contributed by atoms with Crippen LogP contribution in [0.3, 0.4) is 0 Å². The molecule has 3 aromatic heterocycles. The van der Waals surface area contributed by atoms with Gasteiger partial charge in [-0.1, -0.05) is 20.8 Å². The first kappa shape index (κ1) is 32.0. The van der Waals surface area contributed by atoms with Crippen molar-refractivity contribution in [3.63, 3.8) is 0 Å². The second-order valence-electron chi connectivity index (χ2n) is 14.9. The smallest absolute Gasteiger partial charge is 0.241 e. The monoisotopic (exact) mass is 652 g/mol. The summed E-state index contributed by atoms with van der Waals surface area (Å²) in [4.78, 5) is 9.34. The zero-order valence-corrected chi connectivity index (χ0v) is 29.2. The largest absolute Gasteiger partial charge is 0.415 e. The van der Waals surface area contributed by atoms with Gasteiger partial charge >= 0.3 is 0 Å². The number of fused-ring (bicyclic) bond motifs is 3. The van der Waals surface area contributed by atoms with Gasteiger partial charge in [0.2, 0.25) is 10.0 Å². The molecule has 2 N–H and O–H groups in total. The van der Waals surface area contributed by atoms with Crippen LogP contribution < -0.4 is 10.0 Å². The number of halogens is 1. The summed E-state index contributed by atoms with van der Waals surface area (Å²) in [7, 11) is -5.86. The van der Waals surface area contributed by atoms with Crippen molar-refractivity contribution in [3.05, 3.63) is 53.7 Å². The molecule has 242 valence electrons. The van der Waals surface area contributed by atoms with Crippen molar-refractivity contribution in [2.75, 3.05) is 18.5 Å². The molecule has 1 fully saturated rings. The van der Waals surface area contributed by atoms with Crippen LogP contribution in [0.2, 0.25) is 18.1 Å². The molecule has 2 aliphatic carbocycles. The molecule has 0 saturated heterocycles. The molecule has 0 radical (unpaired) electrons. The molecule has 1 saturated carbocycles. The molecule has 0 unspecified atom stereocenters. The van der Waals surface area contributed by atoms with Crippen molar-refractivity contribution in [3.8, 4) is 0 Å². The van der Waals surface area contributed by atoms with Crippen LogP contribution in [-0.4, -0.2) is 61.3 Å². The fraction of sp³-hybridized carbons (Fsp3) is 0.545. The van der Waals surface area contributed by atoms with Gasteiger partial charge in [-0.15, -0.1) is 0 Å². The SMILES string of the molecule is CC(C)(F)CNS(=O)(=O)c1c2c(cc3cnc(C4CC4)cc13)C[C@@H](Nc1cncc3nn(CCO[Si](C)(C)C(C)(C)C)cc13)C2. The zero-order valence-electron chi connectivity index (χ0n) is 27.4. The van der Waals surface area contributed by atoms with Crippen LogP contribution in [0.1, 0.15) is 70.2 Å². The molecule has 6 rings (SSSR count). The average molecular weight is 653 g/mol. The summed E-state index contributed by atoms with van der Waals surface area (Å²) in [5, 5.41) is 10.9. The van der Waals surface area contributed by atoms with Gasteiger partial charge in [0.15, 0.2) is 8.32 Å². The second kappa shape index (κ2) is 11.4. The molecule has 3 heterocycles. The Hall–Kier alpha value is -2.93. The lowest BCUT2D eigenvalue weighted by Gasteiger charge is -2.36. The minimum atomic E-state index is -4.00. The van der Waals surface area contributed by atoms with Gasteiger partial charge in [0, 0.05) is 52.8 Å². The van der Waals surface area contributed by atoms with Gasteiger partial charge in [0.25, 0.3) is 0 Å². The first-order chi connectivity index (χ1) is 21.0. The van der Waals surface area contributed by atoms with E-state index < -0.39 is 24.0 Å². The maximum absolute atomic E-state index is 14.4. The topological polar surface area (TPSA) is 111 Å². The first-order valence-corrected chi connectivity index (χ1v) is 20.2. The molecule has 45 heavy (non-hydrogen) atoms. The van der Waals surface area contributed by atoms with Crippen molar-refractivity contribution in [1.29, 1.82) is 0 Å². The van der Waals surface area contributed by atoms with E-state index in [1.807, 2.05) is 16.9 Å². The molecule has 0 aliphatic heterocycles. The van der Waals surface area contributed by atoms with Gasteiger partial charge in [-0.05, 0) is 80.9 Å². The van der Waals surface area contributed by atoms with E-state index in [0.29, 0.717) is 37.3 Å². The van der Waals surface area contributed by atoms with Crippen LogP contribution >= 0.6 is 0 Å². The van der Waals surface area contributed by atoms with Crippen molar-refractivity contribution in [1.82, 2.24) is 24.5 Å². The molecule has 0 amide bonds. The molecule has 2 aliphatic rings. The van der Waals surface area contributed by atoms with E-state index in [2.05, 4.69) is 59.9 Å². The number of hydrogen-bond acceptors (Lipinski definition) is 7. The number of alkyl halides is 1. The number of hydrogen-bond donors (Lipinski definition) is 2. The third-order valence-electron chi connectivity index (χ3n) is 9.49. The highest BCUT2D eigenvalue weighted by molar-refractivity contribution is 7.89. The highest BCUT2D eigenvalue weighted by Gasteiger charge is 2.37. The molecule has 0 bridgehead atoms. The average Bonchev–Trinajstić information content (AvgIpc) is 3.58. The second-order valence-corrected chi connectivity index (χ2v) is 21.4. The van der Waals surface area contributed by atoms with E-state index in [-0.39, 0.29) is 22.5 Å². The molecule has 1 aromatic carbocycles. The maximum atomic E-state index is 14.4. The summed E-state index contributed by atoms with van der Waals surface area (Å²) < 4.78 is 53.0. The Kier molecular flexibility index (Phi) is 8.11. The lowest BCUT2D eigenvalue weighted by molar-refractivity contribution is 0.221. The van der Waals surface area contributed by atoms with E-state index >= 15 is 0 Å². The van der Waals surface area contributed by atoms with Crippen LogP contribution in [0.15, 0.2) is 41.8 Å². The molecule has 12 heteroatoms. The number of rotatable bonds is 11. The van der Waals surface area contributed by atoms with Crippen LogP contribution in [0.5, 0.6) is 0 Å². The van der Waals surface area contributed by atoms with Crippen LogP contribution in [-0.2, 0) is 33.8 Å². The molecule has 0 spiro atoms. The first-order valence-electron chi connectivity index (χ1n) is 15.9.